The number of benzene rings is 1. The molecule has 1 aromatic rings. The van der Waals surface area contributed by atoms with Gasteiger partial charge in [-0.25, -0.2) is 0 Å². The molecular formula is C13H13Cl2NO3. The van der Waals surface area contributed by atoms with Gasteiger partial charge in [-0.3, -0.25) is 9.59 Å². The average Bonchev–Trinajstić information content (AvgIpc) is 3.02. The molecule has 0 bridgehead atoms. The van der Waals surface area contributed by atoms with Gasteiger partial charge in [0.2, 0.25) is 0 Å². The summed E-state index contributed by atoms with van der Waals surface area (Å²) in [5.41, 5.74) is 0.471. The third-order valence-electron chi connectivity index (χ3n) is 2.90. The molecule has 1 amide bonds. The van der Waals surface area contributed by atoms with Crippen LogP contribution < -0.4 is 5.32 Å². The van der Waals surface area contributed by atoms with Crippen LogP contribution in [0.15, 0.2) is 18.2 Å². The van der Waals surface area contributed by atoms with Crippen molar-refractivity contribution in [2.24, 2.45) is 11.8 Å². The molecule has 0 unspecified atom stereocenters. The van der Waals surface area contributed by atoms with E-state index in [2.05, 4.69) is 5.32 Å². The Bertz CT molecular complexity index is 498. The second kappa shape index (κ2) is 5.80. The van der Waals surface area contributed by atoms with Crippen molar-refractivity contribution in [2.75, 3.05) is 11.9 Å². The van der Waals surface area contributed by atoms with Gasteiger partial charge in [0, 0.05) is 15.7 Å². The van der Waals surface area contributed by atoms with Crippen molar-refractivity contribution < 1.29 is 14.3 Å². The zero-order valence-corrected chi connectivity index (χ0v) is 11.8. The van der Waals surface area contributed by atoms with Gasteiger partial charge >= 0.3 is 5.97 Å². The first-order chi connectivity index (χ1) is 8.95. The lowest BCUT2D eigenvalue weighted by atomic mass is 10.3. The Labute approximate surface area is 121 Å². The maximum absolute atomic E-state index is 11.6. The molecule has 2 rings (SSSR count). The van der Waals surface area contributed by atoms with Crippen LogP contribution >= 0.6 is 23.2 Å². The molecule has 1 aliphatic carbocycles. The molecule has 0 aromatic heterocycles. The third kappa shape index (κ3) is 4.11. The van der Waals surface area contributed by atoms with Crippen molar-refractivity contribution in [3.05, 3.63) is 28.2 Å². The minimum absolute atomic E-state index is 0.0478. The summed E-state index contributed by atoms with van der Waals surface area (Å²) in [7, 11) is 0. The summed E-state index contributed by atoms with van der Waals surface area (Å²) in [5, 5.41) is 3.41. The molecule has 1 fully saturated rings. The Morgan fingerprint density at radius 3 is 2.42 bits per heavy atom. The number of hydrogen-bond donors (Lipinski definition) is 1. The van der Waals surface area contributed by atoms with Crippen LogP contribution in [0, 0.1) is 11.8 Å². The Hall–Kier alpha value is -1.26. The van der Waals surface area contributed by atoms with Crippen LogP contribution in [-0.4, -0.2) is 18.5 Å². The summed E-state index contributed by atoms with van der Waals surface area (Å²) in [6.07, 6.45) is 0.838. The minimum Gasteiger partial charge on any atom is -0.455 e. The molecule has 0 heterocycles. The number of carbonyl (C=O) groups excluding carboxylic acids is 2. The summed E-state index contributed by atoms with van der Waals surface area (Å²) in [4.78, 5) is 23.0. The molecule has 19 heavy (non-hydrogen) atoms. The Morgan fingerprint density at radius 1 is 1.32 bits per heavy atom. The molecule has 4 nitrogen and oxygen atoms in total. The number of anilines is 1. The number of esters is 1. The van der Waals surface area contributed by atoms with E-state index in [1.807, 2.05) is 6.92 Å². The van der Waals surface area contributed by atoms with E-state index in [0.29, 0.717) is 21.7 Å². The van der Waals surface area contributed by atoms with Crippen molar-refractivity contribution in [1.82, 2.24) is 0 Å². The van der Waals surface area contributed by atoms with E-state index in [9.17, 15) is 9.59 Å². The number of amides is 1. The van der Waals surface area contributed by atoms with E-state index in [4.69, 9.17) is 27.9 Å². The van der Waals surface area contributed by atoms with Gasteiger partial charge in [0.15, 0.2) is 6.61 Å². The second-order valence-corrected chi connectivity index (χ2v) is 5.51. The second-order valence-electron chi connectivity index (χ2n) is 4.63. The van der Waals surface area contributed by atoms with Gasteiger partial charge in [-0.2, -0.15) is 0 Å². The fourth-order valence-electron chi connectivity index (χ4n) is 1.72. The highest BCUT2D eigenvalue weighted by Gasteiger charge is 2.40. The fraction of sp³-hybridized carbons (Fsp3) is 0.385. The Morgan fingerprint density at radius 2 is 1.89 bits per heavy atom. The highest BCUT2D eigenvalue weighted by atomic mass is 35.5. The number of halogens is 2. The molecule has 1 aromatic carbocycles. The van der Waals surface area contributed by atoms with Crippen molar-refractivity contribution in [1.29, 1.82) is 0 Å². The van der Waals surface area contributed by atoms with Crippen LogP contribution in [0.1, 0.15) is 13.3 Å². The van der Waals surface area contributed by atoms with Crippen LogP contribution in [0.25, 0.3) is 0 Å². The summed E-state index contributed by atoms with van der Waals surface area (Å²) in [6.45, 7) is 1.67. The van der Waals surface area contributed by atoms with Crippen molar-refractivity contribution in [3.63, 3.8) is 0 Å². The molecule has 102 valence electrons. The van der Waals surface area contributed by atoms with Crippen LogP contribution in [0.2, 0.25) is 10.0 Å². The maximum Gasteiger partial charge on any atom is 0.309 e. The number of rotatable bonds is 4. The van der Waals surface area contributed by atoms with E-state index in [1.165, 1.54) is 0 Å². The number of hydrogen-bond acceptors (Lipinski definition) is 3. The quantitative estimate of drug-likeness (QED) is 0.869. The smallest absolute Gasteiger partial charge is 0.309 e. The molecule has 0 aliphatic heterocycles. The topological polar surface area (TPSA) is 55.4 Å². The molecule has 1 saturated carbocycles. The van der Waals surface area contributed by atoms with E-state index >= 15 is 0 Å². The SMILES string of the molecule is C[C@@H]1C[C@H]1C(=O)OCC(=O)Nc1cc(Cl)cc(Cl)c1. The summed E-state index contributed by atoms with van der Waals surface area (Å²) in [5.74, 6) is -0.414. The van der Waals surface area contributed by atoms with E-state index in [1.54, 1.807) is 18.2 Å². The monoisotopic (exact) mass is 301 g/mol. The van der Waals surface area contributed by atoms with Gasteiger partial charge in [-0.1, -0.05) is 30.1 Å². The Kier molecular flexibility index (Phi) is 4.32. The van der Waals surface area contributed by atoms with Gasteiger partial charge in [0.25, 0.3) is 5.91 Å². The number of carbonyl (C=O) groups is 2. The lowest BCUT2D eigenvalue weighted by Gasteiger charge is -2.07. The van der Waals surface area contributed by atoms with Gasteiger partial charge in [-0.15, -0.1) is 0 Å². The number of nitrogens with one attached hydrogen (secondary N) is 1. The first kappa shape index (κ1) is 14.2. The van der Waals surface area contributed by atoms with Crippen molar-refractivity contribution in [2.45, 2.75) is 13.3 Å². The predicted molar refractivity (Wildman–Crippen MR) is 73.3 cm³/mol. The lowest BCUT2D eigenvalue weighted by molar-refractivity contribution is -0.148. The lowest BCUT2D eigenvalue weighted by Crippen LogP contribution is -2.21. The van der Waals surface area contributed by atoms with Crippen LogP contribution in [0.4, 0.5) is 5.69 Å². The summed E-state index contributed by atoms with van der Waals surface area (Å²) >= 11 is 11.6. The molecule has 1 aliphatic rings. The van der Waals surface area contributed by atoms with Gasteiger partial charge in [0.05, 0.1) is 5.92 Å². The molecule has 1 N–H and O–H groups in total. The van der Waals surface area contributed by atoms with Crippen molar-refractivity contribution in [3.8, 4) is 0 Å². The van der Waals surface area contributed by atoms with Crippen molar-refractivity contribution >= 4 is 40.8 Å². The molecule has 0 radical (unpaired) electrons. The summed E-state index contributed by atoms with van der Waals surface area (Å²) < 4.78 is 4.91. The molecule has 2 atom stereocenters. The molecule has 0 spiro atoms. The first-order valence-electron chi connectivity index (χ1n) is 5.88. The summed E-state index contributed by atoms with van der Waals surface area (Å²) in [6, 6.07) is 4.69. The average molecular weight is 302 g/mol. The fourth-order valence-corrected chi connectivity index (χ4v) is 2.24. The highest BCUT2D eigenvalue weighted by Crippen LogP contribution is 2.38. The van der Waals surface area contributed by atoms with Crippen LogP contribution in [0.5, 0.6) is 0 Å². The standard InChI is InChI=1S/C13H13Cl2NO3/c1-7-2-11(7)13(18)19-6-12(17)16-10-4-8(14)3-9(15)5-10/h3-5,7,11H,2,6H2,1H3,(H,16,17)/t7-,11-/m1/s1. The maximum atomic E-state index is 11.6. The first-order valence-corrected chi connectivity index (χ1v) is 6.64. The van der Waals surface area contributed by atoms with E-state index < -0.39 is 5.91 Å². The van der Waals surface area contributed by atoms with Gasteiger partial charge < -0.3 is 10.1 Å². The normalized spacial score (nSPS) is 20.8. The van der Waals surface area contributed by atoms with E-state index in [-0.39, 0.29) is 18.5 Å². The zero-order valence-electron chi connectivity index (χ0n) is 10.3. The highest BCUT2D eigenvalue weighted by molar-refractivity contribution is 6.35. The third-order valence-corrected chi connectivity index (χ3v) is 3.34. The van der Waals surface area contributed by atoms with E-state index in [0.717, 1.165) is 6.42 Å². The van der Waals surface area contributed by atoms with Crippen LogP contribution in [0.3, 0.4) is 0 Å². The predicted octanol–water partition coefficient (Wildman–Crippen LogP) is 3.13. The number of ether oxygens (including phenoxy) is 1. The molecule has 0 saturated heterocycles. The zero-order chi connectivity index (χ0) is 14.0. The Balaban J connectivity index is 1.82. The van der Waals surface area contributed by atoms with Crippen LogP contribution in [-0.2, 0) is 14.3 Å². The van der Waals surface area contributed by atoms with Gasteiger partial charge in [0.1, 0.15) is 0 Å². The largest absolute Gasteiger partial charge is 0.455 e. The molecular weight excluding hydrogens is 289 g/mol. The van der Waals surface area contributed by atoms with Gasteiger partial charge in [-0.05, 0) is 30.5 Å². The minimum atomic E-state index is -0.417. The molecule has 6 heteroatoms.